The zero-order chi connectivity index (χ0) is 13.8. The van der Waals surface area contributed by atoms with Crippen molar-refractivity contribution in [2.45, 2.75) is 19.8 Å². The molecule has 0 aliphatic heterocycles. The van der Waals surface area contributed by atoms with Crippen molar-refractivity contribution in [3.63, 3.8) is 0 Å². The standard InChI is InChI=1S/C17H19NO/c1-13(2)14-9-11-16(12-10-14)18(3)17(19)15-7-5-4-6-8-15/h4-13H,1-3H3. The van der Waals surface area contributed by atoms with Crippen molar-refractivity contribution in [1.29, 1.82) is 0 Å². The van der Waals surface area contributed by atoms with Gasteiger partial charge in [-0.1, -0.05) is 44.2 Å². The van der Waals surface area contributed by atoms with Gasteiger partial charge in [0.05, 0.1) is 0 Å². The maximum Gasteiger partial charge on any atom is 0.258 e. The smallest absolute Gasteiger partial charge is 0.258 e. The highest BCUT2D eigenvalue weighted by molar-refractivity contribution is 6.05. The number of rotatable bonds is 3. The molecule has 2 aromatic rings. The molecule has 0 aliphatic rings. The summed E-state index contributed by atoms with van der Waals surface area (Å²) in [6.45, 7) is 4.32. The second-order valence-electron chi connectivity index (χ2n) is 4.98. The largest absolute Gasteiger partial charge is 0.311 e. The predicted octanol–water partition coefficient (Wildman–Crippen LogP) is 4.09. The lowest BCUT2D eigenvalue weighted by molar-refractivity contribution is 0.0993. The van der Waals surface area contributed by atoms with Gasteiger partial charge in [-0.25, -0.2) is 0 Å². The highest BCUT2D eigenvalue weighted by Gasteiger charge is 2.12. The molecule has 2 aromatic carbocycles. The van der Waals surface area contributed by atoms with Crippen LogP contribution in [-0.2, 0) is 0 Å². The third-order valence-electron chi connectivity index (χ3n) is 3.27. The average Bonchev–Trinajstić information content (AvgIpc) is 2.46. The lowest BCUT2D eigenvalue weighted by atomic mass is 10.0. The molecule has 0 atom stereocenters. The Morgan fingerprint density at radius 2 is 1.53 bits per heavy atom. The first-order valence-corrected chi connectivity index (χ1v) is 6.52. The second-order valence-corrected chi connectivity index (χ2v) is 4.98. The molecule has 98 valence electrons. The Morgan fingerprint density at radius 3 is 2.05 bits per heavy atom. The van der Waals surface area contributed by atoms with Crippen LogP contribution in [0.4, 0.5) is 5.69 Å². The van der Waals surface area contributed by atoms with Gasteiger partial charge in [0.15, 0.2) is 0 Å². The van der Waals surface area contributed by atoms with Gasteiger partial charge < -0.3 is 4.90 Å². The van der Waals surface area contributed by atoms with Gasteiger partial charge in [0.1, 0.15) is 0 Å². The van der Waals surface area contributed by atoms with E-state index in [4.69, 9.17) is 0 Å². The average molecular weight is 253 g/mol. The van der Waals surface area contributed by atoms with Gasteiger partial charge >= 0.3 is 0 Å². The Hall–Kier alpha value is -2.09. The lowest BCUT2D eigenvalue weighted by Crippen LogP contribution is -2.26. The molecule has 0 aromatic heterocycles. The summed E-state index contributed by atoms with van der Waals surface area (Å²) in [4.78, 5) is 14.0. The third-order valence-corrected chi connectivity index (χ3v) is 3.27. The predicted molar refractivity (Wildman–Crippen MR) is 79.7 cm³/mol. The first kappa shape index (κ1) is 13.3. The molecule has 0 heterocycles. The molecule has 2 nitrogen and oxygen atoms in total. The van der Waals surface area contributed by atoms with Crippen molar-refractivity contribution in [2.24, 2.45) is 0 Å². The Labute approximate surface area is 114 Å². The summed E-state index contributed by atoms with van der Waals surface area (Å²) in [6, 6.07) is 17.5. The first-order chi connectivity index (χ1) is 9.09. The zero-order valence-corrected chi connectivity index (χ0v) is 11.6. The molecule has 0 radical (unpaired) electrons. The highest BCUT2D eigenvalue weighted by Crippen LogP contribution is 2.20. The van der Waals surface area contributed by atoms with Crippen LogP contribution in [0, 0.1) is 0 Å². The van der Waals surface area contributed by atoms with E-state index in [9.17, 15) is 4.79 Å². The maximum absolute atomic E-state index is 12.3. The van der Waals surface area contributed by atoms with E-state index in [1.54, 1.807) is 11.9 Å². The van der Waals surface area contributed by atoms with Gasteiger partial charge in [0.2, 0.25) is 0 Å². The molecule has 0 N–H and O–H groups in total. The van der Waals surface area contributed by atoms with Crippen LogP contribution >= 0.6 is 0 Å². The quantitative estimate of drug-likeness (QED) is 0.807. The summed E-state index contributed by atoms with van der Waals surface area (Å²) in [7, 11) is 1.81. The molecule has 2 heteroatoms. The molecular formula is C17H19NO. The number of nitrogens with zero attached hydrogens (tertiary/aromatic N) is 1. The van der Waals surface area contributed by atoms with E-state index >= 15 is 0 Å². The zero-order valence-electron chi connectivity index (χ0n) is 11.6. The second kappa shape index (κ2) is 5.70. The normalized spacial score (nSPS) is 10.5. The first-order valence-electron chi connectivity index (χ1n) is 6.52. The van der Waals surface area contributed by atoms with E-state index in [0.717, 1.165) is 5.69 Å². The molecule has 0 spiro atoms. The van der Waals surface area contributed by atoms with Gasteiger partial charge in [-0.05, 0) is 35.7 Å². The summed E-state index contributed by atoms with van der Waals surface area (Å²) in [5.41, 5.74) is 2.90. The van der Waals surface area contributed by atoms with Crippen LogP contribution in [0.2, 0.25) is 0 Å². The van der Waals surface area contributed by atoms with Crippen molar-refractivity contribution < 1.29 is 4.79 Å². The van der Waals surface area contributed by atoms with E-state index < -0.39 is 0 Å². The Morgan fingerprint density at radius 1 is 0.947 bits per heavy atom. The van der Waals surface area contributed by atoms with Crippen LogP contribution in [-0.4, -0.2) is 13.0 Å². The Bertz CT molecular complexity index is 543. The number of carbonyl (C=O) groups excluding carboxylic acids is 1. The van der Waals surface area contributed by atoms with E-state index in [0.29, 0.717) is 11.5 Å². The van der Waals surface area contributed by atoms with E-state index in [2.05, 4.69) is 26.0 Å². The van der Waals surface area contributed by atoms with Gasteiger partial charge in [-0.3, -0.25) is 4.79 Å². The fourth-order valence-electron chi connectivity index (χ4n) is 1.97. The minimum Gasteiger partial charge on any atom is -0.311 e. The van der Waals surface area contributed by atoms with Crippen LogP contribution in [0.15, 0.2) is 54.6 Å². The minimum absolute atomic E-state index is 0.0119. The molecule has 0 saturated carbocycles. The van der Waals surface area contributed by atoms with Crippen LogP contribution in [0.3, 0.4) is 0 Å². The Balaban J connectivity index is 2.20. The van der Waals surface area contributed by atoms with E-state index in [-0.39, 0.29) is 5.91 Å². The highest BCUT2D eigenvalue weighted by atomic mass is 16.2. The number of anilines is 1. The van der Waals surface area contributed by atoms with Gasteiger partial charge in [0, 0.05) is 18.3 Å². The van der Waals surface area contributed by atoms with Gasteiger partial charge in [-0.2, -0.15) is 0 Å². The van der Waals surface area contributed by atoms with Crippen LogP contribution < -0.4 is 4.90 Å². The van der Waals surface area contributed by atoms with Crippen molar-refractivity contribution in [3.8, 4) is 0 Å². The summed E-state index contributed by atoms with van der Waals surface area (Å²) in [6.07, 6.45) is 0. The molecular weight excluding hydrogens is 234 g/mol. The van der Waals surface area contributed by atoms with Crippen molar-refractivity contribution in [3.05, 3.63) is 65.7 Å². The van der Waals surface area contributed by atoms with E-state index in [1.807, 2.05) is 42.5 Å². The SMILES string of the molecule is CC(C)c1ccc(N(C)C(=O)c2ccccc2)cc1. The van der Waals surface area contributed by atoms with Gasteiger partial charge in [-0.15, -0.1) is 0 Å². The topological polar surface area (TPSA) is 20.3 Å². The summed E-state index contributed by atoms with van der Waals surface area (Å²) >= 11 is 0. The molecule has 0 fully saturated rings. The number of hydrogen-bond acceptors (Lipinski definition) is 1. The molecule has 0 aliphatic carbocycles. The molecule has 19 heavy (non-hydrogen) atoms. The van der Waals surface area contributed by atoms with E-state index in [1.165, 1.54) is 5.56 Å². The third kappa shape index (κ3) is 3.02. The maximum atomic E-state index is 12.3. The van der Waals surface area contributed by atoms with Crippen LogP contribution in [0.1, 0.15) is 35.7 Å². The number of hydrogen-bond donors (Lipinski definition) is 0. The molecule has 0 unspecified atom stereocenters. The summed E-state index contributed by atoms with van der Waals surface area (Å²) in [5, 5.41) is 0. The Kier molecular flexibility index (Phi) is 4.00. The molecule has 2 rings (SSSR count). The number of carbonyl (C=O) groups is 1. The lowest BCUT2D eigenvalue weighted by Gasteiger charge is -2.18. The van der Waals surface area contributed by atoms with Gasteiger partial charge in [0.25, 0.3) is 5.91 Å². The van der Waals surface area contributed by atoms with Crippen LogP contribution in [0.5, 0.6) is 0 Å². The molecule has 0 bridgehead atoms. The fourth-order valence-corrected chi connectivity index (χ4v) is 1.97. The molecule has 0 saturated heterocycles. The summed E-state index contributed by atoms with van der Waals surface area (Å²) < 4.78 is 0. The summed E-state index contributed by atoms with van der Waals surface area (Å²) in [5.74, 6) is 0.516. The fraction of sp³-hybridized carbons (Fsp3) is 0.235. The van der Waals surface area contributed by atoms with Crippen LogP contribution in [0.25, 0.3) is 0 Å². The minimum atomic E-state index is 0.0119. The van der Waals surface area contributed by atoms with Crippen molar-refractivity contribution in [1.82, 2.24) is 0 Å². The van der Waals surface area contributed by atoms with Crippen molar-refractivity contribution >= 4 is 11.6 Å². The monoisotopic (exact) mass is 253 g/mol. The van der Waals surface area contributed by atoms with Crippen molar-refractivity contribution in [2.75, 3.05) is 11.9 Å². The number of benzene rings is 2. The molecule has 1 amide bonds. The number of amides is 1.